The van der Waals surface area contributed by atoms with E-state index in [1.54, 1.807) is 14.0 Å². The number of carbonyl (C=O) groups is 1. The summed E-state index contributed by atoms with van der Waals surface area (Å²) >= 11 is 1.54. The number of anilines is 1. The molecule has 0 aliphatic heterocycles. The van der Waals surface area contributed by atoms with Gasteiger partial charge in [0.2, 0.25) is 0 Å². The van der Waals surface area contributed by atoms with Crippen LogP contribution in [0, 0.1) is 0 Å². The minimum Gasteiger partial charge on any atom is -0.497 e. The monoisotopic (exact) mass is 465 g/mol. The Bertz CT molecular complexity index is 1120. The summed E-state index contributed by atoms with van der Waals surface area (Å²) in [6.07, 6.45) is 0. The van der Waals surface area contributed by atoms with Crippen molar-refractivity contribution < 1.29 is 14.3 Å². The minimum absolute atomic E-state index is 0.187. The van der Waals surface area contributed by atoms with Gasteiger partial charge in [-0.05, 0) is 62.4 Å². The summed E-state index contributed by atoms with van der Waals surface area (Å²) in [5, 5.41) is 11.4. The zero-order valence-corrected chi connectivity index (χ0v) is 19.9. The molecule has 33 heavy (non-hydrogen) atoms. The number of ketones is 1. The molecule has 172 valence electrons. The quantitative estimate of drug-likeness (QED) is 0.314. The van der Waals surface area contributed by atoms with Crippen LogP contribution < -0.4 is 20.3 Å². The fraction of sp³-hybridized carbons (Fsp3) is 0.250. The Kier molecular flexibility index (Phi) is 8.54. The highest BCUT2D eigenvalue weighted by Gasteiger charge is 2.11. The van der Waals surface area contributed by atoms with Crippen LogP contribution in [0.3, 0.4) is 0 Å². The molecule has 8 nitrogen and oxygen atoms in total. The number of nitrogens with zero attached hydrogens (tertiary/aromatic N) is 3. The molecule has 0 bridgehead atoms. The van der Waals surface area contributed by atoms with Gasteiger partial charge < -0.3 is 14.9 Å². The average Bonchev–Trinajstić information content (AvgIpc) is 3.29. The van der Waals surface area contributed by atoms with Crippen LogP contribution in [0.1, 0.15) is 25.8 Å². The Morgan fingerprint density at radius 1 is 1.03 bits per heavy atom. The highest BCUT2D eigenvalue weighted by Crippen LogP contribution is 2.24. The van der Waals surface area contributed by atoms with Crippen molar-refractivity contribution in [2.75, 3.05) is 19.1 Å². The van der Waals surface area contributed by atoms with Gasteiger partial charge in [-0.3, -0.25) is 10.2 Å². The molecule has 0 aliphatic carbocycles. The summed E-state index contributed by atoms with van der Waals surface area (Å²) in [6.45, 7) is 6.17. The van der Waals surface area contributed by atoms with E-state index in [0.29, 0.717) is 18.9 Å². The van der Waals surface area contributed by atoms with E-state index in [1.807, 2.05) is 60.8 Å². The topological polar surface area (TPSA) is 97.2 Å². The molecule has 0 fully saturated rings. The van der Waals surface area contributed by atoms with E-state index < -0.39 is 0 Å². The lowest BCUT2D eigenvalue weighted by Crippen LogP contribution is -2.23. The Morgan fingerprint density at radius 2 is 1.73 bits per heavy atom. The van der Waals surface area contributed by atoms with E-state index in [9.17, 15) is 4.79 Å². The number of hydrazone groups is 2. The number of benzene rings is 2. The predicted octanol–water partition coefficient (Wildman–Crippen LogP) is 4.74. The first-order valence-corrected chi connectivity index (χ1v) is 11.3. The van der Waals surface area contributed by atoms with Crippen LogP contribution in [0.5, 0.6) is 11.5 Å². The summed E-state index contributed by atoms with van der Waals surface area (Å²) in [7, 11) is 1.64. The molecular weight excluding hydrogens is 438 g/mol. The number of Topliss-reactive ketones (excluding diaryl/α,β-unsaturated/α-hetero) is 1. The minimum atomic E-state index is -0.187. The fourth-order valence-corrected chi connectivity index (χ4v) is 3.63. The lowest BCUT2D eigenvalue weighted by molar-refractivity contribution is -0.110. The van der Waals surface area contributed by atoms with Crippen molar-refractivity contribution >= 4 is 34.2 Å². The molecular formula is C24H27N5O3S. The number of rotatable bonds is 11. The van der Waals surface area contributed by atoms with Gasteiger partial charge in [0.1, 0.15) is 22.2 Å². The molecule has 1 aromatic heterocycles. The zero-order chi connectivity index (χ0) is 23.6. The Labute approximate surface area is 197 Å². The third kappa shape index (κ3) is 6.88. The third-order valence-corrected chi connectivity index (χ3v) is 5.40. The first-order chi connectivity index (χ1) is 16.0. The lowest BCUT2D eigenvalue weighted by atomic mass is 10.2. The number of thiazole rings is 1. The summed E-state index contributed by atoms with van der Waals surface area (Å²) in [5.74, 6) is 1.39. The molecule has 9 heteroatoms. The van der Waals surface area contributed by atoms with Gasteiger partial charge in [0.25, 0.3) is 0 Å². The highest BCUT2D eigenvalue weighted by atomic mass is 32.1. The molecule has 0 aliphatic rings. The molecule has 0 atom stereocenters. The van der Waals surface area contributed by atoms with Crippen molar-refractivity contribution in [3.05, 3.63) is 58.9 Å². The van der Waals surface area contributed by atoms with Crippen LogP contribution in [0.4, 0.5) is 5.69 Å². The van der Waals surface area contributed by atoms with Crippen LogP contribution in [0.2, 0.25) is 0 Å². The summed E-state index contributed by atoms with van der Waals surface area (Å²) in [6, 6.07) is 15.1. The molecule has 0 unspecified atom stereocenters. The van der Waals surface area contributed by atoms with Gasteiger partial charge in [0.05, 0.1) is 37.4 Å². The van der Waals surface area contributed by atoms with Gasteiger partial charge in [-0.2, -0.15) is 10.2 Å². The number of ether oxygens (including phenoxy) is 2. The lowest BCUT2D eigenvalue weighted by Gasteiger charge is -2.07. The maximum absolute atomic E-state index is 12.1. The van der Waals surface area contributed by atoms with Gasteiger partial charge in [-0.15, -0.1) is 11.3 Å². The number of nitrogens with one attached hydrogen (secondary N) is 2. The summed E-state index contributed by atoms with van der Waals surface area (Å²) in [4.78, 5) is 16.7. The normalized spacial score (nSPS) is 11.8. The van der Waals surface area contributed by atoms with Crippen LogP contribution in [-0.4, -0.2) is 35.9 Å². The molecule has 0 saturated carbocycles. The van der Waals surface area contributed by atoms with E-state index in [1.165, 1.54) is 18.3 Å². The number of carbonyl (C=O) groups excluding carboxylic acids is 1. The number of methoxy groups -OCH3 is 1. The Balaban J connectivity index is 1.60. The molecule has 0 saturated heterocycles. The smallest absolute Gasteiger partial charge is 0.181 e. The largest absolute Gasteiger partial charge is 0.497 e. The Morgan fingerprint density at radius 3 is 2.36 bits per heavy atom. The second-order valence-corrected chi connectivity index (χ2v) is 7.92. The maximum atomic E-state index is 12.1. The van der Waals surface area contributed by atoms with E-state index >= 15 is 0 Å². The van der Waals surface area contributed by atoms with Gasteiger partial charge in [0.15, 0.2) is 5.78 Å². The maximum Gasteiger partial charge on any atom is 0.181 e. The van der Waals surface area contributed by atoms with Crippen molar-refractivity contribution in [3.63, 3.8) is 0 Å². The van der Waals surface area contributed by atoms with E-state index in [0.717, 1.165) is 33.5 Å². The van der Waals surface area contributed by atoms with Crippen LogP contribution in [-0.2, 0) is 11.3 Å². The number of hydrogen-bond acceptors (Lipinski definition) is 9. The molecule has 2 N–H and O–H groups in total. The van der Waals surface area contributed by atoms with Crippen LogP contribution in [0.25, 0.3) is 11.3 Å². The zero-order valence-electron chi connectivity index (χ0n) is 19.1. The predicted molar refractivity (Wildman–Crippen MR) is 133 cm³/mol. The number of aromatic nitrogens is 1. The van der Waals surface area contributed by atoms with E-state index in [4.69, 9.17) is 9.47 Å². The molecule has 0 amide bonds. The average molecular weight is 466 g/mol. The second kappa shape index (κ2) is 11.8. The molecule has 3 aromatic rings. The summed E-state index contributed by atoms with van der Waals surface area (Å²) < 4.78 is 10.6. The van der Waals surface area contributed by atoms with Crippen LogP contribution in [0.15, 0.2) is 64.1 Å². The van der Waals surface area contributed by atoms with Gasteiger partial charge in [-0.25, -0.2) is 4.98 Å². The molecule has 2 aromatic carbocycles. The first-order valence-electron chi connectivity index (χ1n) is 10.4. The molecule has 3 rings (SSSR count). The Hall–Kier alpha value is -3.72. The third-order valence-electron chi connectivity index (χ3n) is 4.55. The van der Waals surface area contributed by atoms with Gasteiger partial charge in [0, 0.05) is 17.9 Å². The molecule has 0 spiro atoms. The van der Waals surface area contributed by atoms with Crippen molar-refractivity contribution in [1.29, 1.82) is 0 Å². The molecule has 1 heterocycles. The summed E-state index contributed by atoms with van der Waals surface area (Å²) in [5.41, 5.74) is 9.25. The van der Waals surface area contributed by atoms with Gasteiger partial charge >= 0.3 is 0 Å². The second-order valence-electron chi connectivity index (χ2n) is 6.97. The fourth-order valence-electron chi connectivity index (χ4n) is 2.89. The van der Waals surface area contributed by atoms with Crippen molar-refractivity contribution in [3.8, 4) is 22.8 Å². The molecule has 0 radical (unpaired) electrons. The highest BCUT2D eigenvalue weighted by molar-refractivity contribution is 7.09. The van der Waals surface area contributed by atoms with E-state index in [-0.39, 0.29) is 11.5 Å². The SMILES string of the molecule is CCOc1ccc(N/N=C(C(C)=O)\C(C)=N/NCc2nc(-c3ccc(OC)cc3)cs2)cc1. The van der Waals surface area contributed by atoms with Crippen molar-refractivity contribution in [2.24, 2.45) is 10.2 Å². The van der Waals surface area contributed by atoms with Crippen LogP contribution >= 0.6 is 11.3 Å². The van der Waals surface area contributed by atoms with Gasteiger partial charge in [-0.1, -0.05) is 0 Å². The van der Waals surface area contributed by atoms with E-state index in [2.05, 4.69) is 26.0 Å². The first kappa shape index (κ1) is 23.9. The number of hydrogen-bond donors (Lipinski definition) is 2. The van der Waals surface area contributed by atoms with Crippen molar-refractivity contribution in [2.45, 2.75) is 27.3 Å². The standard InChI is InChI=1S/C24H27N5O3S/c1-5-32-21-12-8-19(9-13-21)28-29-24(17(3)30)16(2)27-25-14-23-26-22(15-33-23)18-6-10-20(31-4)11-7-18/h6-13,15,25,28H,5,14H2,1-4H3/b27-16-,29-24+. The van der Waals surface area contributed by atoms with Crippen molar-refractivity contribution in [1.82, 2.24) is 10.4 Å².